The van der Waals surface area contributed by atoms with E-state index >= 15 is 0 Å². The average molecular weight is 193 g/mol. The van der Waals surface area contributed by atoms with Gasteiger partial charge in [-0.2, -0.15) is 0 Å². The van der Waals surface area contributed by atoms with E-state index in [1.807, 2.05) is 12.5 Å². The number of aromatic nitrogens is 2. The summed E-state index contributed by atoms with van der Waals surface area (Å²) in [5, 5.41) is 3.54. The molecule has 0 aliphatic carbocycles. The summed E-state index contributed by atoms with van der Waals surface area (Å²) >= 11 is 0. The summed E-state index contributed by atoms with van der Waals surface area (Å²) in [6.45, 7) is 8.85. The van der Waals surface area contributed by atoms with Crippen molar-refractivity contribution in [2.24, 2.45) is 0 Å². The summed E-state index contributed by atoms with van der Waals surface area (Å²) in [7, 11) is 0. The molecule has 1 aliphatic heterocycles. The molecule has 0 radical (unpaired) electrons. The summed E-state index contributed by atoms with van der Waals surface area (Å²) in [4.78, 5) is 4.24. The molecule has 1 fully saturated rings. The first-order valence-electron chi connectivity index (χ1n) is 5.40. The lowest BCUT2D eigenvalue weighted by Crippen LogP contribution is -2.37. The Morgan fingerprint density at radius 3 is 3.00 bits per heavy atom. The second-order valence-corrected chi connectivity index (χ2v) is 4.59. The molecule has 1 aromatic rings. The van der Waals surface area contributed by atoms with Gasteiger partial charge in [-0.05, 0) is 33.7 Å². The van der Waals surface area contributed by atoms with Crippen molar-refractivity contribution in [2.75, 3.05) is 6.54 Å². The number of hydrogen-bond donors (Lipinski definition) is 1. The number of nitrogens with zero attached hydrogens (tertiary/aromatic N) is 2. The van der Waals surface area contributed by atoms with Crippen LogP contribution in [0.3, 0.4) is 0 Å². The van der Waals surface area contributed by atoms with Crippen LogP contribution in [-0.2, 0) is 6.54 Å². The Morgan fingerprint density at radius 1 is 1.64 bits per heavy atom. The SMILES string of the molecule is CCn1cncc1C1CCNC1(C)C. The smallest absolute Gasteiger partial charge is 0.0948 e. The molecule has 1 aromatic heterocycles. The number of rotatable bonds is 2. The Hall–Kier alpha value is -0.830. The van der Waals surface area contributed by atoms with Crippen molar-refractivity contribution < 1.29 is 0 Å². The molecule has 3 nitrogen and oxygen atoms in total. The fraction of sp³-hybridized carbons (Fsp3) is 0.727. The first kappa shape index (κ1) is 9.71. The van der Waals surface area contributed by atoms with Gasteiger partial charge >= 0.3 is 0 Å². The van der Waals surface area contributed by atoms with Crippen molar-refractivity contribution in [3.05, 3.63) is 18.2 Å². The Bertz CT molecular complexity index is 314. The second-order valence-electron chi connectivity index (χ2n) is 4.59. The van der Waals surface area contributed by atoms with E-state index in [1.54, 1.807) is 0 Å². The maximum absolute atomic E-state index is 4.24. The predicted molar refractivity (Wildman–Crippen MR) is 57.3 cm³/mol. The van der Waals surface area contributed by atoms with Gasteiger partial charge in [-0.25, -0.2) is 4.98 Å². The molecule has 1 saturated heterocycles. The highest BCUT2D eigenvalue weighted by Crippen LogP contribution is 2.34. The number of hydrogen-bond acceptors (Lipinski definition) is 2. The van der Waals surface area contributed by atoms with Crippen LogP contribution >= 0.6 is 0 Å². The van der Waals surface area contributed by atoms with E-state index in [9.17, 15) is 0 Å². The minimum Gasteiger partial charge on any atom is -0.335 e. The summed E-state index contributed by atoms with van der Waals surface area (Å²) in [5.41, 5.74) is 1.59. The van der Waals surface area contributed by atoms with E-state index in [-0.39, 0.29) is 5.54 Å². The Labute approximate surface area is 85.5 Å². The summed E-state index contributed by atoms with van der Waals surface area (Å²) in [6, 6.07) is 0. The Kier molecular flexibility index (Phi) is 2.35. The minimum absolute atomic E-state index is 0.215. The molecular formula is C11H19N3. The van der Waals surface area contributed by atoms with Crippen LogP contribution in [0.25, 0.3) is 0 Å². The Balaban J connectivity index is 2.30. The monoisotopic (exact) mass is 193 g/mol. The zero-order valence-corrected chi connectivity index (χ0v) is 9.25. The van der Waals surface area contributed by atoms with Gasteiger partial charge in [0.2, 0.25) is 0 Å². The van der Waals surface area contributed by atoms with Crippen LogP contribution in [0, 0.1) is 0 Å². The average Bonchev–Trinajstić information content (AvgIpc) is 2.69. The van der Waals surface area contributed by atoms with E-state index in [0.29, 0.717) is 5.92 Å². The molecule has 1 aliphatic rings. The molecule has 14 heavy (non-hydrogen) atoms. The topological polar surface area (TPSA) is 29.9 Å². The molecule has 0 aromatic carbocycles. The molecule has 1 atom stereocenters. The van der Waals surface area contributed by atoms with Crippen LogP contribution in [0.15, 0.2) is 12.5 Å². The third kappa shape index (κ3) is 1.46. The highest BCUT2D eigenvalue weighted by Gasteiger charge is 2.36. The van der Waals surface area contributed by atoms with Crippen LogP contribution in [0.2, 0.25) is 0 Å². The zero-order valence-electron chi connectivity index (χ0n) is 9.25. The second kappa shape index (κ2) is 3.39. The van der Waals surface area contributed by atoms with E-state index in [2.05, 4.69) is 35.6 Å². The molecular weight excluding hydrogens is 174 g/mol. The third-order valence-electron chi connectivity index (χ3n) is 3.33. The predicted octanol–water partition coefficient (Wildman–Crippen LogP) is 1.76. The summed E-state index contributed by atoms with van der Waals surface area (Å²) in [6.07, 6.45) is 5.17. The molecule has 0 amide bonds. The lowest BCUT2D eigenvalue weighted by molar-refractivity contribution is 0.396. The Morgan fingerprint density at radius 2 is 2.43 bits per heavy atom. The molecule has 0 saturated carbocycles. The molecule has 3 heteroatoms. The molecule has 2 heterocycles. The van der Waals surface area contributed by atoms with Gasteiger partial charge in [-0.15, -0.1) is 0 Å². The van der Waals surface area contributed by atoms with Crippen molar-refractivity contribution in [1.29, 1.82) is 0 Å². The normalized spacial score (nSPS) is 25.5. The molecule has 1 N–H and O–H groups in total. The van der Waals surface area contributed by atoms with Crippen molar-refractivity contribution in [3.63, 3.8) is 0 Å². The van der Waals surface area contributed by atoms with Crippen LogP contribution in [0.1, 0.15) is 38.8 Å². The van der Waals surface area contributed by atoms with Crippen LogP contribution < -0.4 is 5.32 Å². The molecule has 1 unspecified atom stereocenters. The van der Waals surface area contributed by atoms with Crippen LogP contribution in [0.4, 0.5) is 0 Å². The fourth-order valence-corrected chi connectivity index (χ4v) is 2.43. The van der Waals surface area contributed by atoms with Crippen molar-refractivity contribution in [3.8, 4) is 0 Å². The van der Waals surface area contributed by atoms with Gasteiger partial charge in [0.1, 0.15) is 0 Å². The quantitative estimate of drug-likeness (QED) is 0.775. The molecule has 78 valence electrons. The minimum atomic E-state index is 0.215. The van der Waals surface area contributed by atoms with Gasteiger partial charge in [0.25, 0.3) is 0 Å². The van der Waals surface area contributed by atoms with Crippen LogP contribution in [0.5, 0.6) is 0 Å². The molecule has 2 rings (SSSR count). The maximum atomic E-state index is 4.24. The van der Waals surface area contributed by atoms with Crippen molar-refractivity contribution in [2.45, 2.75) is 45.2 Å². The lowest BCUT2D eigenvalue weighted by Gasteiger charge is -2.27. The van der Waals surface area contributed by atoms with Gasteiger partial charge < -0.3 is 9.88 Å². The van der Waals surface area contributed by atoms with Gasteiger partial charge in [-0.3, -0.25) is 0 Å². The highest BCUT2D eigenvalue weighted by atomic mass is 15.1. The van der Waals surface area contributed by atoms with Crippen molar-refractivity contribution in [1.82, 2.24) is 14.9 Å². The standard InChI is InChI=1S/C11H19N3/c1-4-14-8-12-7-10(14)9-5-6-13-11(9,2)3/h7-9,13H,4-6H2,1-3H3. The van der Waals surface area contributed by atoms with E-state index in [0.717, 1.165) is 13.1 Å². The number of nitrogens with one attached hydrogen (secondary N) is 1. The highest BCUT2D eigenvalue weighted by molar-refractivity contribution is 5.16. The van der Waals surface area contributed by atoms with E-state index in [1.165, 1.54) is 12.1 Å². The third-order valence-corrected chi connectivity index (χ3v) is 3.33. The molecule has 0 bridgehead atoms. The summed E-state index contributed by atoms with van der Waals surface area (Å²) in [5.74, 6) is 0.602. The lowest BCUT2D eigenvalue weighted by atomic mass is 9.87. The maximum Gasteiger partial charge on any atom is 0.0948 e. The molecule has 0 spiro atoms. The zero-order chi connectivity index (χ0) is 10.2. The van der Waals surface area contributed by atoms with Crippen molar-refractivity contribution >= 4 is 0 Å². The largest absolute Gasteiger partial charge is 0.335 e. The summed E-state index contributed by atoms with van der Waals surface area (Å²) < 4.78 is 2.25. The van der Waals surface area contributed by atoms with Gasteiger partial charge in [0.05, 0.1) is 6.33 Å². The first-order valence-corrected chi connectivity index (χ1v) is 5.40. The van der Waals surface area contributed by atoms with Gasteiger partial charge in [0.15, 0.2) is 0 Å². The van der Waals surface area contributed by atoms with E-state index in [4.69, 9.17) is 0 Å². The fourth-order valence-electron chi connectivity index (χ4n) is 2.43. The number of aryl methyl sites for hydroxylation is 1. The number of imidazole rings is 1. The van der Waals surface area contributed by atoms with Crippen LogP contribution in [-0.4, -0.2) is 21.6 Å². The van der Waals surface area contributed by atoms with E-state index < -0.39 is 0 Å². The van der Waals surface area contributed by atoms with Gasteiger partial charge in [-0.1, -0.05) is 0 Å². The first-order chi connectivity index (χ1) is 6.65. The van der Waals surface area contributed by atoms with Gasteiger partial charge in [0, 0.05) is 29.9 Å².